The van der Waals surface area contributed by atoms with E-state index in [0.29, 0.717) is 10.8 Å². The first kappa shape index (κ1) is 15.7. The standard InChI is InChI=1S/C22H33N/c1-15-14-22(3)17(11-13-23)8-10-19(22)18-9-7-16-6-4-5-12-21(16,2)20(15)18/h11,15-16,18-20H,4-10,12,14H2,1-3H3/b17-11-. The lowest BCUT2D eigenvalue weighted by atomic mass is 9.43. The van der Waals surface area contributed by atoms with Gasteiger partial charge in [0.25, 0.3) is 0 Å². The molecule has 1 heteroatoms. The van der Waals surface area contributed by atoms with Crippen molar-refractivity contribution in [3.63, 3.8) is 0 Å². The van der Waals surface area contributed by atoms with Crippen molar-refractivity contribution in [2.24, 2.45) is 40.4 Å². The van der Waals surface area contributed by atoms with Crippen LogP contribution in [0.2, 0.25) is 0 Å². The van der Waals surface area contributed by atoms with E-state index in [9.17, 15) is 5.26 Å². The summed E-state index contributed by atoms with van der Waals surface area (Å²) in [5, 5.41) is 9.20. The summed E-state index contributed by atoms with van der Waals surface area (Å²) in [5.74, 6) is 4.55. The van der Waals surface area contributed by atoms with Crippen LogP contribution in [0.15, 0.2) is 11.6 Å². The molecule has 0 bridgehead atoms. The molecule has 7 unspecified atom stereocenters. The van der Waals surface area contributed by atoms with Gasteiger partial charge >= 0.3 is 0 Å². The van der Waals surface area contributed by atoms with Crippen LogP contribution in [0.5, 0.6) is 0 Å². The van der Waals surface area contributed by atoms with Crippen LogP contribution in [0.4, 0.5) is 0 Å². The summed E-state index contributed by atoms with van der Waals surface area (Å²) in [5.41, 5.74) is 2.42. The number of hydrogen-bond acceptors (Lipinski definition) is 1. The smallest absolute Gasteiger partial charge is 0.0911 e. The quantitative estimate of drug-likeness (QED) is 0.495. The Balaban J connectivity index is 1.71. The fourth-order valence-electron chi connectivity index (χ4n) is 8.16. The van der Waals surface area contributed by atoms with E-state index in [-0.39, 0.29) is 0 Å². The number of nitriles is 1. The minimum Gasteiger partial charge on any atom is -0.193 e. The molecule has 0 aromatic rings. The van der Waals surface area contributed by atoms with Gasteiger partial charge in [0.15, 0.2) is 0 Å². The molecule has 4 fully saturated rings. The Morgan fingerprint density at radius 2 is 1.96 bits per heavy atom. The normalized spacial score (nSPS) is 54.0. The average molecular weight is 312 g/mol. The number of hydrogen-bond donors (Lipinski definition) is 0. The fraction of sp³-hybridized carbons (Fsp3) is 0.864. The van der Waals surface area contributed by atoms with Crippen molar-refractivity contribution in [2.45, 2.75) is 78.6 Å². The third-order valence-corrected chi connectivity index (χ3v) is 8.91. The molecule has 4 saturated carbocycles. The summed E-state index contributed by atoms with van der Waals surface area (Å²) >= 11 is 0. The van der Waals surface area contributed by atoms with Crippen LogP contribution in [-0.4, -0.2) is 0 Å². The highest BCUT2D eigenvalue weighted by atomic mass is 14.6. The van der Waals surface area contributed by atoms with Gasteiger partial charge in [-0.05, 0) is 85.4 Å². The predicted octanol–water partition coefficient (Wildman–Crippen LogP) is 6.12. The number of nitrogens with zero attached hydrogens (tertiary/aromatic N) is 1. The minimum absolute atomic E-state index is 0.328. The van der Waals surface area contributed by atoms with Crippen molar-refractivity contribution in [3.8, 4) is 6.07 Å². The molecule has 7 atom stereocenters. The van der Waals surface area contributed by atoms with Crippen LogP contribution in [-0.2, 0) is 0 Å². The largest absolute Gasteiger partial charge is 0.193 e. The van der Waals surface area contributed by atoms with Crippen LogP contribution in [0.3, 0.4) is 0 Å². The Morgan fingerprint density at radius 1 is 1.13 bits per heavy atom. The highest BCUT2D eigenvalue weighted by Crippen LogP contribution is 2.68. The zero-order chi connectivity index (χ0) is 16.2. The lowest BCUT2D eigenvalue weighted by molar-refractivity contribution is -0.124. The second kappa shape index (κ2) is 5.37. The molecule has 4 aliphatic carbocycles. The van der Waals surface area contributed by atoms with Gasteiger partial charge in [0.05, 0.1) is 6.07 Å². The molecule has 0 N–H and O–H groups in total. The Bertz CT molecular complexity index is 555. The number of fused-ring (bicyclic) bond motifs is 5. The first-order chi connectivity index (χ1) is 11.0. The minimum atomic E-state index is 0.328. The number of rotatable bonds is 0. The van der Waals surface area contributed by atoms with E-state index in [1.807, 2.05) is 6.08 Å². The Kier molecular flexibility index (Phi) is 3.67. The molecule has 0 heterocycles. The summed E-state index contributed by atoms with van der Waals surface area (Å²) in [4.78, 5) is 0. The van der Waals surface area contributed by atoms with E-state index in [1.165, 1.54) is 63.4 Å². The van der Waals surface area contributed by atoms with Crippen LogP contribution < -0.4 is 0 Å². The maximum atomic E-state index is 9.20. The second-order valence-corrected chi connectivity index (χ2v) is 9.76. The van der Waals surface area contributed by atoms with E-state index in [0.717, 1.165) is 29.6 Å². The zero-order valence-corrected chi connectivity index (χ0v) is 15.3. The molecule has 0 aromatic carbocycles. The van der Waals surface area contributed by atoms with E-state index in [2.05, 4.69) is 26.8 Å². The molecule has 4 rings (SSSR count). The van der Waals surface area contributed by atoms with Crippen molar-refractivity contribution >= 4 is 0 Å². The van der Waals surface area contributed by atoms with Crippen LogP contribution in [0.1, 0.15) is 78.6 Å². The first-order valence-corrected chi connectivity index (χ1v) is 10.1. The maximum Gasteiger partial charge on any atom is 0.0911 e. The molecule has 0 radical (unpaired) electrons. The second-order valence-electron chi connectivity index (χ2n) is 9.76. The van der Waals surface area contributed by atoms with Gasteiger partial charge in [-0.2, -0.15) is 5.26 Å². The van der Waals surface area contributed by atoms with Gasteiger partial charge < -0.3 is 0 Å². The monoisotopic (exact) mass is 311 g/mol. The van der Waals surface area contributed by atoms with Gasteiger partial charge in [-0.1, -0.05) is 39.2 Å². The summed E-state index contributed by atoms with van der Waals surface area (Å²) < 4.78 is 0. The zero-order valence-electron chi connectivity index (χ0n) is 15.3. The Hall–Kier alpha value is -0.770. The summed E-state index contributed by atoms with van der Waals surface area (Å²) in [7, 11) is 0. The Morgan fingerprint density at radius 3 is 2.74 bits per heavy atom. The lowest BCUT2D eigenvalue weighted by Gasteiger charge is -2.62. The maximum absolute atomic E-state index is 9.20. The van der Waals surface area contributed by atoms with Crippen molar-refractivity contribution in [1.82, 2.24) is 0 Å². The van der Waals surface area contributed by atoms with Gasteiger partial charge in [0, 0.05) is 6.08 Å². The van der Waals surface area contributed by atoms with Crippen LogP contribution in [0.25, 0.3) is 0 Å². The van der Waals surface area contributed by atoms with Crippen LogP contribution >= 0.6 is 0 Å². The van der Waals surface area contributed by atoms with Gasteiger partial charge in [-0.15, -0.1) is 0 Å². The molecule has 126 valence electrons. The van der Waals surface area contributed by atoms with E-state index in [1.54, 1.807) is 0 Å². The molecule has 0 amide bonds. The lowest BCUT2D eigenvalue weighted by Crippen LogP contribution is -2.55. The van der Waals surface area contributed by atoms with Crippen molar-refractivity contribution in [2.75, 3.05) is 0 Å². The van der Waals surface area contributed by atoms with E-state index >= 15 is 0 Å². The highest BCUT2D eigenvalue weighted by molar-refractivity contribution is 5.28. The SMILES string of the molecule is CC1CC2(C)/C(=C\C#N)CCC2C2CCC3CCCCC3(C)C12. The molecule has 0 aromatic heterocycles. The highest BCUT2D eigenvalue weighted by Gasteiger charge is 2.60. The Labute approximate surface area is 142 Å². The fourth-order valence-corrected chi connectivity index (χ4v) is 8.16. The molecule has 0 spiro atoms. The molecule has 0 saturated heterocycles. The first-order valence-electron chi connectivity index (χ1n) is 10.1. The molecule has 1 nitrogen and oxygen atoms in total. The van der Waals surface area contributed by atoms with Crippen molar-refractivity contribution < 1.29 is 0 Å². The molecular formula is C22H33N. The topological polar surface area (TPSA) is 23.8 Å². The van der Waals surface area contributed by atoms with Crippen molar-refractivity contribution in [1.29, 1.82) is 5.26 Å². The van der Waals surface area contributed by atoms with Gasteiger partial charge in [-0.25, -0.2) is 0 Å². The van der Waals surface area contributed by atoms with Gasteiger partial charge in [0.1, 0.15) is 0 Å². The third kappa shape index (κ3) is 2.09. The van der Waals surface area contributed by atoms with Crippen LogP contribution in [0, 0.1) is 51.8 Å². The molecule has 4 aliphatic rings. The van der Waals surface area contributed by atoms with Gasteiger partial charge in [-0.3, -0.25) is 0 Å². The third-order valence-electron chi connectivity index (χ3n) is 8.91. The molecular weight excluding hydrogens is 278 g/mol. The summed E-state index contributed by atoms with van der Waals surface area (Å²) in [6, 6.07) is 2.35. The average Bonchev–Trinajstić information content (AvgIpc) is 2.83. The van der Waals surface area contributed by atoms with Gasteiger partial charge in [0.2, 0.25) is 0 Å². The number of allylic oxidation sites excluding steroid dienone is 2. The van der Waals surface area contributed by atoms with E-state index < -0.39 is 0 Å². The summed E-state index contributed by atoms with van der Waals surface area (Å²) in [6.45, 7) is 7.70. The summed E-state index contributed by atoms with van der Waals surface area (Å²) in [6.07, 6.45) is 14.6. The van der Waals surface area contributed by atoms with E-state index in [4.69, 9.17) is 0 Å². The molecule has 0 aliphatic heterocycles. The molecule has 23 heavy (non-hydrogen) atoms. The van der Waals surface area contributed by atoms with Crippen molar-refractivity contribution in [3.05, 3.63) is 11.6 Å². The predicted molar refractivity (Wildman–Crippen MR) is 94.6 cm³/mol.